The first-order chi connectivity index (χ1) is 14.8. The van der Waals surface area contributed by atoms with E-state index in [-0.39, 0.29) is 6.61 Å². The number of anilines is 1. The maximum Gasteiger partial charge on any atom is 0.335 e. The molecule has 0 bridgehead atoms. The molecule has 8 nitrogen and oxygen atoms in total. The van der Waals surface area contributed by atoms with Gasteiger partial charge in [-0.05, 0) is 56.2 Å². The minimum atomic E-state index is -0.406. The highest BCUT2D eigenvalue weighted by atomic mass is 16.5. The number of nitrogens with zero attached hydrogens (tertiary/aromatic N) is 1. The van der Waals surface area contributed by atoms with Crippen molar-refractivity contribution in [1.82, 2.24) is 10.3 Å². The van der Waals surface area contributed by atoms with Gasteiger partial charge in [-0.1, -0.05) is 12.1 Å². The standard InChI is InChI=1S/C23H29N5O3/c1-14-6-5-7-19(27-23(29)28(4)25)18(14)13-31-20-9-8-17(12-15(20)2)21(24)16(3)22-26-10-11-30-22/h5-9,12,24,26H,10-11,13,25H2,1-4H3,(H,27,29)/b22-16+,24-21?. The number of ether oxygens (including phenoxy) is 2. The second-order valence-electron chi connectivity index (χ2n) is 7.52. The molecule has 0 unspecified atom stereocenters. The number of nitrogens with two attached hydrogens (primary N) is 1. The van der Waals surface area contributed by atoms with Gasteiger partial charge in [-0.2, -0.15) is 0 Å². The average Bonchev–Trinajstić information content (AvgIpc) is 3.28. The van der Waals surface area contributed by atoms with Gasteiger partial charge in [0.15, 0.2) is 5.88 Å². The quantitative estimate of drug-likeness (QED) is 0.246. The predicted molar refractivity (Wildman–Crippen MR) is 121 cm³/mol. The highest BCUT2D eigenvalue weighted by Gasteiger charge is 2.16. The van der Waals surface area contributed by atoms with Gasteiger partial charge in [-0.25, -0.2) is 10.6 Å². The van der Waals surface area contributed by atoms with Gasteiger partial charge < -0.3 is 20.1 Å². The number of urea groups is 1. The second kappa shape index (κ2) is 9.53. The molecule has 1 saturated heterocycles. The van der Waals surface area contributed by atoms with E-state index in [4.69, 9.17) is 20.7 Å². The molecule has 2 aromatic rings. The Bertz CT molecular complexity index is 1020. The van der Waals surface area contributed by atoms with Crippen LogP contribution in [-0.4, -0.2) is 37.0 Å². The topological polar surface area (TPSA) is 113 Å². The van der Waals surface area contributed by atoms with Crippen LogP contribution >= 0.6 is 0 Å². The van der Waals surface area contributed by atoms with Crippen molar-refractivity contribution in [3.63, 3.8) is 0 Å². The normalized spacial score (nSPS) is 14.4. The molecule has 2 amide bonds. The second-order valence-corrected chi connectivity index (χ2v) is 7.52. The van der Waals surface area contributed by atoms with Crippen molar-refractivity contribution in [3.05, 3.63) is 70.1 Å². The van der Waals surface area contributed by atoms with Crippen molar-refractivity contribution in [3.8, 4) is 5.75 Å². The van der Waals surface area contributed by atoms with E-state index in [1.54, 1.807) is 0 Å². The molecule has 0 atom stereocenters. The summed E-state index contributed by atoms with van der Waals surface area (Å²) >= 11 is 0. The van der Waals surface area contributed by atoms with Gasteiger partial charge in [0.1, 0.15) is 19.0 Å². The van der Waals surface area contributed by atoms with Gasteiger partial charge in [0, 0.05) is 29.4 Å². The van der Waals surface area contributed by atoms with E-state index in [9.17, 15) is 4.79 Å². The van der Waals surface area contributed by atoms with E-state index in [0.717, 1.165) is 39.4 Å². The lowest BCUT2D eigenvalue weighted by Gasteiger charge is -2.18. The van der Waals surface area contributed by atoms with Gasteiger partial charge >= 0.3 is 6.03 Å². The zero-order valence-corrected chi connectivity index (χ0v) is 18.3. The van der Waals surface area contributed by atoms with Gasteiger partial charge in [-0.3, -0.25) is 10.4 Å². The summed E-state index contributed by atoms with van der Waals surface area (Å²) in [4.78, 5) is 12.0. The molecule has 164 valence electrons. The predicted octanol–water partition coefficient (Wildman–Crippen LogP) is 3.44. The Labute approximate surface area is 182 Å². The summed E-state index contributed by atoms with van der Waals surface area (Å²) in [5, 5.41) is 15.4. The van der Waals surface area contributed by atoms with Gasteiger partial charge in [0.05, 0.1) is 12.3 Å². The molecular formula is C23H29N5O3. The first-order valence-electron chi connectivity index (χ1n) is 10.1. The molecule has 1 fully saturated rings. The fraction of sp³-hybridized carbons (Fsp3) is 0.304. The van der Waals surface area contributed by atoms with E-state index in [0.29, 0.717) is 29.6 Å². The van der Waals surface area contributed by atoms with E-state index >= 15 is 0 Å². The summed E-state index contributed by atoms with van der Waals surface area (Å²) in [6.07, 6.45) is 0. The molecule has 0 radical (unpaired) electrons. The summed E-state index contributed by atoms with van der Waals surface area (Å²) < 4.78 is 11.6. The fourth-order valence-electron chi connectivity index (χ4n) is 3.27. The number of hydrazine groups is 1. The number of hydrogen-bond donors (Lipinski definition) is 4. The van der Waals surface area contributed by atoms with Gasteiger partial charge in [0.25, 0.3) is 0 Å². The van der Waals surface area contributed by atoms with E-state index in [1.165, 1.54) is 7.05 Å². The van der Waals surface area contributed by atoms with Crippen LogP contribution < -0.4 is 21.2 Å². The molecule has 0 saturated carbocycles. The number of nitrogens with one attached hydrogen (secondary N) is 3. The zero-order chi connectivity index (χ0) is 22.5. The number of allylic oxidation sites excluding steroid dienone is 1. The van der Waals surface area contributed by atoms with E-state index < -0.39 is 6.03 Å². The van der Waals surface area contributed by atoms with Gasteiger partial charge in [-0.15, -0.1) is 0 Å². The number of rotatable bonds is 6. The largest absolute Gasteiger partial charge is 0.489 e. The smallest absolute Gasteiger partial charge is 0.335 e. The lowest BCUT2D eigenvalue weighted by Crippen LogP contribution is -2.37. The molecule has 1 heterocycles. The Morgan fingerprint density at radius 1 is 1.29 bits per heavy atom. The van der Waals surface area contributed by atoms with Crippen molar-refractivity contribution in [2.45, 2.75) is 27.4 Å². The van der Waals surface area contributed by atoms with Crippen molar-refractivity contribution < 1.29 is 14.3 Å². The summed E-state index contributed by atoms with van der Waals surface area (Å²) in [5.41, 5.74) is 5.43. The van der Waals surface area contributed by atoms with Crippen LogP contribution in [0.15, 0.2) is 47.9 Å². The third-order valence-electron chi connectivity index (χ3n) is 5.16. The van der Waals surface area contributed by atoms with Crippen LogP contribution in [0.25, 0.3) is 0 Å². The number of benzene rings is 2. The number of aryl methyl sites for hydroxylation is 2. The Morgan fingerprint density at radius 2 is 2.06 bits per heavy atom. The Hall–Kier alpha value is -3.52. The molecule has 0 spiro atoms. The number of amides is 2. The Kier molecular flexibility index (Phi) is 6.81. The molecule has 1 aliphatic heterocycles. The van der Waals surface area contributed by atoms with Crippen molar-refractivity contribution in [2.24, 2.45) is 5.84 Å². The third kappa shape index (κ3) is 5.16. The van der Waals surface area contributed by atoms with E-state index in [2.05, 4.69) is 10.6 Å². The monoisotopic (exact) mass is 423 g/mol. The van der Waals surface area contributed by atoms with Crippen LogP contribution in [0.5, 0.6) is 5.75 Å². The van der Waals surface area contributed by atoms with Crippen LogP contribution in [0.2, 0.25) is 0 Å². The number of hydrogen-bond acceptors (Lipinski definition) is 6. The van der Waals surface area contributed by atoms with Gasteiger partial charge in [0.2, 0.25) is 0 Å². The summed E-state index contributed by atoms with van der Waals surface area (Å²) in [7, 11) is 1.48. The lowest BCUT2D eigenvalue weighted by molar-refractivity contribution is 0.223. The number of carbonyl (C=O) groups excluding carboxylic acids is 1. The van der Waals surface area contributed by atoms with Crippen LogP contribution in [0, 0.1) is 19.3 Å². The average molecular weight is 424 g/mol. The molecular weight excluding hydrogens is 394 g/mol. The molecule has 31 heavy (non-hydrogen) atoms. The third-order valence-corrected chi connectivity index (χ3v) is 5.16. The SMILES string of the molecule is C/C(C(=N)c1ccc(OCc2c(C)cccc2NC(=O)N(C)N)c(C)c1)=C1/NCCO1. The molecule has 0 aromatic heterocycles. The first kappa shape index (κ1) is 22.2. The summed E-state index contributed by atoms with van der Waals surface area (Å²) in [6, 6.07) is 10.9. The Balaban J connectivity index is 1.75. The highest BCUT2D eigenvalue weighted by molar-refractivity contribution is 6.10. The molecule has 1 aliphatic rings. The van der Waals surface area contributed by atoms with Crippen molar-refractivity contribution in [2.75, 3.05) is 25.5 Å². The number of carbonyl (C=O) groups is 1. The molecule has 3 rings (SSSR count). The molecule has 8 heteroatoms. The Morgan fingerprint density at radius 3 is 2.71 bits per heavy atom. The maximum absolute atomic E-state index is 12.0. The van der Waals surface area contributed by atoms with Crippen LogP contribution in [0.1, 0.15) is 29.2 Å². The van der Waals surface area contributed by atoms with Crippen LogP contribution in [0.4, 0.5) is 10.5 Å². The van der Waals surface area contributed by atoms with Crippen LogP contribution in [0.3, 0.4) is 0 Å². The maximum atomic E-state index is 12.0. The first-order valence-corrected chi connectivity index (χ1v) is 10.1. The summed E-state index contributed by atoms with van der Waals surface area (Å²) in [5.74, 6) is 6.90. The highest BCUT2D eigenvalue weighted by Crippen LogP contribution is 2.26. The van der Waals surface area contributed by atoms with E-state index in [1.807, 2.05) is 57.2 Å². The minimum absolute atomic E-state index is 0.287. The fourth-order valence-corrected chi connectivity index (χ4v) is 3.27. The molecule has 5 N–H and O–H groups in total. The molecule has 2 aromatic carbocycles. The molecule has 0 aliphatic carbocycles. The minimum Gasteiger partial charge on any atom is -0.489 e. The summed E-state index contributed by atoms with van der Waals surface area (Å²) in [6.45, 7) is 7.46. The van der Waals surface area contributed by atoms with Crippen molar-refractivity contribution in [1.29, 1.82) is 5.41 Å². The zero-order valence-electron chi connectivity index (χ0n) is 18.3. The lowest BCUT2D eigenvalue weighted by atomic mass is 10.0. The van der Waals surface area contributed by atoms with Crippen LogP contribution in [-0.2, 0) is 11.3 Å². The van der Waals surface area contributed by atoms with Crippen molar-refractivity contribution >= 4 is 17.4 Å².